The maximum absolute atomic E-state index is 10.2. The molecule has 2 heterocycles. The summed E-state index contributed by atoms with van der Waals surface area (Å²) in [5.74, 6) is 0. The Hall–Kier alpha value is -2.09. The first-order valence-corrected chi connectivity index (χ1v) is 11.0. The molecule has 0 aliphatic carbocycles. The molecule has 1 aromatic carbocycles. The van der Waals surface area contributed by atoms with Crippen molar-refractivity contribution in [1.29, 1.82) is 0 Å². The molecular formula is C23H35N3O3S. The molecule has 0 spiro atoms. The summed E-state index contributed by atoms with van der Waals surface area (Å²) in [6.07, 6.45) is 3.23. The number of benzene rings is 1. The monoisotopic (exact) mass is 433 g/mol. The highest BCUT2D eigenvalue weighted by Gasteiger charge is 2.15. The van der Waals surface area contributed by atoms with Crippen LogP contribution in [0.1, 0.15) is 44.9 Å². The smallest absolute Gasteiger partial charge is 0.207 e. The highest BCUT2D eigenvalue weighted by molar-refractivity contribution is 7.13. The third-order valence-corrected chi connectivity index (χ3v) is 5.39. The van der Waals surface area contributed by atoms with E-state index in [4.69, 9.17) is 5.11 Å². The number of rotatable bonds is 5. The Balaban J connectivity index is 0.000000267. The summed E-state index contributed by atoms with van der Waals surface area (Å²) in [5, 5.41) is 11.5. The first-order valence-electron chi connectivity index (χ1n) is 10.1. The summed E-state index contributed by atoms with van der Waals surface area (Å²) < 4.78 is 0. The van der Waals surface area contributed by atoms with E-state index in [0.717, 1.165) is 37.1 Å². The molecule has 30 heavy (non-hydrogen) atoms. The molecule has 0 bridgehead atoms. The fraction of sp³-hybridized carbons (Fsp3) is 0.522. The van der Waals surface area contributed by atoms with Gasteiger partial charge in [-0.3, -0.25) is 4.79 Å². The number of aliphatic hydroxyl groups excluding tert-OH is 1. The molecule has 2 aromatic rings. The van der Waals surface area contributed by atoms with Gasteiger partial charge >= 0.3 is 0 Å². The Morgan fingerprint density at radius 3 is 2.27 bits per heavy atom. The van der Waals surface area contributed by atoms with Crippen molar-refractivity contribution < 1.29 is 14.7 Å². The normalized spacial score (nSPS) is 16.0. The lowest BCUT2D eigenvalue weighted by molar-refractivity contribution is -0.110. The fourth-order valence-corrected chi connectivity index (χ4v) is 3.49. The predicted molar refractivity (Wildman–Crippen MR) is 123 cm³/mol. The zero-order valence-electron chi connectivity index (χ0n) is 18.7. The number of amides is 1. The van der Waals surface area contributed by atoms with Crippen molar-refractivity contribution in [2.45, 2.75) is 53.2 Å². The molecule has 166 valence electrons. The number of hydrogen-bond acceptors (Lipinski definition) is 6. The molecule has 1 fully saturated rings. The van der Waals surface area contributed by atoms with Crippen molar-refractivity contribution in [2.75, 3.05) is 20.1 Å². The summed E-state index contributed by atoms with van der Waals surface area (Å²) in [4.78, 5) is 27.5. The van der Waals surface area contributed by atoms with E-state index in [1.807, 2.05) is 52.4 Å². The van der Waals surface area contributed by atoms with Gasteiger partial charge in [0.1, 0.15) is 6.29 Å². The van der Waals surface area contributed by atoms with Crippen LogP contribution < -0.4 is 5.32 Å². The number of aryl methyl sites for hydroxylation is 1. The number of thiazole rings is 1. The van der Waals surface area contributed by atoms with E-state index in [2.05, 4.69) is 27.3 Å². The van der Waals surface area contributed by atoms with E-state index in [0.29, 0.717) is 19.4 Å². The zero-order chi connectivity index (χ0) is 22.6. The molecule has 3 rings (SSSR count). The van der Waals surface area contributed by atoms with Gasteiger partial charge in [0.2, 0.25) is 6.41 Å². The van der Waals surface area contributed by atoms with Crippen LogP contribution in [0.3, 0.4) is 0 Å². The minimum absolute atomic E-state index is 0.0509. The number of aldehydes is 1. The lowest BCUT2D eigenvalue weighted by Crippen LogP contribution is -2.15. The van der Waals surface area contributed by atoms with Gasteiger partial charge in [0.05, 0.1) is 22.2 Å². The lowest BCUT2D eigenvalue weighted by Gasteiger charge is -2.11. The van der Waals surface area contributed by atoms with E-state index in [9.17, 15) is 9.59 Å². The van der Waals surface area contributed by atoms with Crippen molar-refractivity contribution in [1.82, 2.24) is 15.2 Å². The zero-order valence-corrected chi connectivity index (χ0v) is 19.5. The van der Waals surface area contributed by atoms with E-state index >= 15 is 0 Å². The van der Waals surface area contributed by atoms with Crippen LogP contribution in [0.5, 0.6) is 0 Å². The molecule has 7 heteroatoms. The van der Waals surface area contributed by atoms with Crippen LogP contribution in [0.2, 0.25) is 0 Å². The van der Waals surface area contributed by atoms with Gasteiger partial charge in [-0.2, -0.15) is 0 Å². The van der Waals surface area contributed by atoms with E-state index in [1.54, 1.807) is 11.3 Å². The molecule has 1 aliphatic heterocycles. The highest BCUT2D eigenvalue weighted by Crippen LogP contribution is 2.27. The summed E-state index contributed by atoms with van der Waals surface area (Å²) in [5.41, 5.74) is 5.37. The molecule has 1 amide bonds. The van der Waals surface area contributed by atoms with Gasteiger partial charge in [-0.05, 0) is 36.9 Å². The van der Waals surface area contributed by atoms with Crippen LogP contribution in [0, 0.1) is 12.3 Å². The average molecular weight is 434 g/mol. The Kier molecular flexibility index (Phi) is 11.5. The number of nitrogens with zero attached hydrogens (tertiary/aromatic N) is 2. The second-order valence-electron chi connectivity index (χ2n) is 8.60. The maximum Gasteiger partial charge on any atom is 0.207 e. The quantitative estimate of drug-likeness (QED) is 0.703. The van der Waals surface area contributed by atoms with Crippen molar-refractivity contribution in [3.05, 3.63) is 41.0 Å². The van der Waals surface area contributed by atoms with Crippen molar-refractivity contribution in [3.8, 4) is 10.4 Å². The highest BCUT2D eigenvalue weighted by atomic mass is 32.1. The van der Waals surface area contributed by atoms with E-state index < -0.39 is 0 Å². The predicted octanol–water partition coefficient (Wildman–Crippen LogP) is 3.67. The number of aliphatic hydroxyl groups is 1. The van der Waals surface area contributed by atoms with Crippen LogP contribution in [-0.4, -0.2) is 53.9 Å². The third kappa shape index (κ3) is 10.6. The molecule has 1 atom stereocenters. The Morgan fingerprint density at radius 1 is 1.27 bits per heavy atom. The minimum Gasteiger partial charge on any atom is -0.392 e. The largest absolute Gasteiger partial charge is 0.392 e. The number of aromatic nitrogens is 1. The van der Waals surface area contributed by atoms with Gasteiger partial charge in [0, 0.05) is 26.1 Å². The fourth-order valence-electron chi connectivity index (χ4n) is 2.67. The summed E-state index contributed by atoms with van der Waals surface area (Å²) >= 11 is 1.64. The van der Waals surface area contributed by atoms with Gasteiger partial charge in [0.25, 0.3) is 0 Å². The summed E-state index contributed by atoms with van der Waals surface area (Å²) in [6.45, 7) is 10.6. The molecule has 1 saturated heterocycles. The first-order chi connectivity index (χ1) is 14.2. The van der Waals surface area contributed by atoms with Crippen LogP contribution in [0.15, 0.2) is 29.8 Å². The molecule has 1 unspecified atom stereocenters. The number of carbonyl (C=O) groups excluding carboxylic acids is 2. The van der Waals surface area contributed by atoms with Gasteiger partial charge in [-0.1, -0.05) is 45.0 Å². The molecule has 1 aromatic heterocycles. The van der Waals surface area contributed by atoms with Gasteiger partial charge in [-0.15, -0.1) is 11.3 Å². The van der Waals surface area contributed by atoms with E-state index in [-0.39, 0.29) is 11.5 Å². The second kappa shape index (κ2) is 13.3. The van der Waals surface area contributed by atoms with Crippen molar-refractivity contribution >= 4 is 24.0 Å². The maximum atomic E-state index is 10.2. The number of β-amino-alcohol motifs (C(OH)–C–C–N with tert-alkyl or cyclic N) is 1. The van der Waals surface area contributed by atoms with Crippen LogP contribution in [-0.2, 0) is 16.1 Å². The molecule has 6 nitrogen and oxygen atoms in total. The van der Waals surface area contributed by atoms with Crippen molar-refractivity contribution in [2.24, 2.45) is 5.41 Å². The lowest BCUT2D eigenvalue weighted by atomic mass is 9.93. The standard InChI is InChI=1S/C12H12N2OS.C6H12O.C5H11NO/c1-9-12(16-8-14-9)11-4-2-10(3-5-11)6-13-7-15;1-6(2,3)4-5-7;1-6-3-2-5(7)4-6/h2-5,7-8H,6H2,1H3,(H,13,15);5H,4H2,1-3H3;5,7H,2-4H2,1H3. The summed E-state index contributed by atoms with van der Waals surface area (Å²) in [6, 6.07) is 8.15. The van der Waals surface area contributed by atoms with Crippen molar-refractivity contribution in [3.63, 3.8) is 0 Å². The topological polar surface area (TPSA) is 82.5 Å². The summed E-state index contributed by atoms with van der Waals surface area (Å²) in [7, 11) is 2.02. The molecule has 2 N–H and O–H groups in total. The molecular weight excluding hydrogens is 398 g/mol. The SMILES string of the molecule is CC(C)(C)CC=O.CN1CCC(O)C1.Cc1ncsc1-c1ccc(CNC=O)cc1. The van der Waals surface area contributed by atoms with Crippen LogP contribution in [0.4, 0.5) is 0 Å². The Labute approximate surface area is 184 Å². The molecule has 1 aliphatic rings. The van der Waals surface area contributed by atoms with Crippen LogP contribution >= 0.6 is 11.3 Å². The number of carbonyl (C=O) groups is 2. The number of likely N-dealkylation sites (tertiary alicyclic amines) is 1. The third-order valence-electron chi connectivity index (χ3n) is 4.41. The average Bonchev–Trinajstić information content (AvgIpc) is 3.28. The Morgan fingerprint density at radius 2 is 1.93 bits per heavy atom. The van der Waals surface area contributed by atoms with Gasteiger partial charge in [0.15, 0.2) is 0 Å². The molecule has 0 saturated carbocycles. The first kappa shape index (κ1) is 25.9. The number of likely N-dealkylation sites (N-methyl/N-ethyl adjacent to an activating group) is 1. The number of hydrogen-bond donors (Lipinski definition) is 2. The molecule has 0 radical (unpaired) electrons. The van der Waals surface area contributed by atoms with Gasteiger partial charge in [-0.25, -0.2) is 4.98 Å². The minimum atomic E-state index is -0.0509. The van der Waals surface area contributed by atoms with E-state index in [1.165, 1.54) is 10.4 Å². The number of nitrogens with one attached hydrogen (secondary N) is 1. The Bertz CT molecular complexity index is 746. The van der Waals surface area contributed by atoms with Gasteiger partial charge < -0.3 is 20.1 Å². The van der Waals surface area contributed by atoms with Crippen LogP contribution in [0.25, 0.3) is 10.4 Å². The second-order valence-corrected chi connectivity index (χ2v) is 9.45.